The molecule has 0 aliphatic carbocycles. The van der Waals surface area contributed by atoms with E-state index in [0.717, 1.165) is 19.6 Å². The van der Waals surface area contributed by atoms with Crippen molar-refractivity contribution in [1.82, 2.24) is 24.6 Å². The summed E-state index contributed by atoms with van der Waals surface area (Å²) in [5.74, 6) is 0.319. The number of fused-ring (bicyclic) bond motifs is 1. The van der Waals surface area contributed by atoms with Gasteiger partial charge in [-0.1, -0.05) is 6.42 Å². The largest absolute Gasteiger partial charge is 0.367 e. The molecule has 104 valence electrons. The Morgan fingerprint density at radius 3 is 3.05 bits per heavy atom. The summed E-state index contributed by atoms with van der Waals surface area (Å²) in [6.45, 7) is 4.08. The molecule has 0 saturated carbocycles. The van der Waals surface area contributed by atoms with Crippen LogP contribution >= 0.6 is 0 Å². The molecule has 19 heavy (non-hydrogen) atoms. The summed E-state index contributed by atoms with van der Waals surface area (Å²) >= 11 is 0. The summed E-state index contributed by atoms with van der Waals surface area (Å²) in [4.78, 5) is 20.5. The molecule has 2 fully saturated rings. The lowest BCUT2D eigenvalue weighted by molar-refractivity contribution is -0.135. The van der Waals surface area contributed by atoms with E-state index in [1.165, 1.54) is 36.8 Å². The fraction of sp³-hybridized carbons (Fsp3) is 0.750. The summed E-state index contributed by atoms with van der Waals surface area (Å²) < 4.78 is 1.50. The van der Waals surface area contributed by atoms with Crippen molar-refractivity contribution in [2.75, 3.05) is 31.9 Å². The standard InChI is InChI=1S/C12H20N6O/c13-12-14-9-18(15-12)8-11(19)17-6-5-16-4-2-1-3-10(16)7-17/h9-10H,1-8H2,(H2,13,15). The van der Waals surface area contributed by atoms with Gasteiger partial charge in [-0.2, -0.15) is 0 Å². The Labute approximate surface area is 112 Å². The molecule has 2 aliphatic heterocycles. The molecule has 1 unspecified atom stereocenters. The molecule has 0 aromatic carbocycles. The van der Waals surface area contributed by atoms with Gasteiger partial charge in [0.05, 0.1) is 0 Å². The fourth-order valence-corrected chi connectivity index (χ4v) is 3.01. The average molecular weight is 264 g/mol. The number of aromatic nitrogens is 3. The minimum atomic E-state index is 0.107. The number of piperazine rings is 1. The lowest BCUT2D eigenvalue weighted by atomic mass is 9.99. The number of rotatable bonds is 2. The van der Waals surface area contributed by atoms with Gasteiger partial charge in [0.15, 0.2) is 0 Å². The number of piperidine rings is 1. The summed E-state index contributed by atoms with van der Waals surface area (Å²) in [5.41, 5.74) is 5.45. The zero-order valence-corrected chi connectivity index (χ0v) is 11.0. The van der Waals surface area contributed by atoms with Crippen molar-refractivity contribution in [1.29, 1.82) is 0 Å². The van der Waals surface area contributed by atoms with Crippen molar-refractivity contribution in [3.63, 3.8) is 0 Å². The quantitative estimate of drug-likeness (QED) is 0.783. The third-order valence-electron chi connectivity index (χ3n) is 4.04. The summed E-state index contributed by atoms with van der Waals surface area (Å²) in [6.07, 6.45) is 5.29. The van der Waals surface area contributed by atoms with Crippen LogP contribution in [0.4, 0.5) is 5.95 Å². The van der Waals surface area contributed by atoms with Crippen LogP contribution in [0.5, 0.6) is 0 Å². The number of carbonyl (C=O) groups is 1. The van der Waals surface area contributed by atoms with Crippen molar-refractivity contribution in [2.24, 2.45) is 0 Å². The van der Waals surface area contributed by atoms with Crippen LogP contribution in [0.25, 0.3) is 0 Å². The van der Waals surface area contributed by atoms with E-state index in [4.69, 9.17) is 5.73 Å². The third kappa shape index (κ3) is 2.70. The van der Waals surface area contributed by atoms with Gasteiger partial charge < -0.3 is 10.6 Å². The van der Waals surface area contributed by atoms with E-state index in [0.29, 0.717) is 6.04 Å². The summed E-state index contributed by atoms with van der Waals surface area (Å²) in [5, 5.41) is 3.95. The van der Waals surface area contributed by atoms with Crippen molar-refractivity contribution < 1.29 is 4.79 Å². The van der Waals surface area contributed by atoms with E-state index in [2.05, 4.69) is 15.0 Å². The van der Waals surface area contributed by atoms with Gasteiger partial charge in [0.25, 0.3) is 0 Å². The number of nitrogens with two attached hydrogens (primary N) is 1. The van der Waals surface area contributed by atoms with Gasteiger partial charge in [0, 0.05) is 25.7 Å². The van der Waals surface area contributed by atoms with Crippen LogP contribution in [-0.2, 0) is 11.3 Å². The van der Waals surface area contributed by atoms with Crippen molar-refractivity contribution in [2.45, 2.75) is 31.8 Å². The van der Waals surface area contributed by atoms with Gasteiger partial charge in [-0.3, -0.25) is 9.69 Å². The second-order valence-electron chi connectivity index (χ2n) is 5.33. The molecule has 0 radical (unpaired) electrons. The smallest absolute Gasteiger partial charge is 0.244 e. The van der Waals surface area contributed by atoms with E-state index < -0.39 is 0 Å². The Bertz CT molecular complexity index is 459. The van der Waals surface area contributed by atoms with E-state index in [9.17, 15) is 4.79 Å². The van der Waals surface area contributed by atoms with Gasteiger partial charge in [-0.25, -0.2) is 9.67 Å². The molecule has 1 aromatic rings. The minimum absolute atomic E-state index is 0.107. The van der Waals surface area contributed by atoms with Gasteiger partial charge in [-0.15, -0.1) is 5.10 Å². The Balaban J connectivity index is 1.58. The van der Waals surface area contributed by atoms with Crippen LogP contribution in [0.3, 0.4) is 0 Å². The molecule has 2 aliphatic rings. The molecule has 0 bridgehead atoms. The number of nitrogens with zero attached hydrogens (tertiary/aromatic N) is 5. The first-order valence-electron chi connectivity index (χ1n) is 6.89. The lowest BCUT2D eigenvalue weighted by Crippen LogP contribution is -2.56. The molecular weight excluding hydrogens is 244 g/mol. The fourth-order valence-electron chi connectivity index (χ4n) is 3.01. The van der Waals surface area contributed by atoms with Gasteiger partial charge in [-0.05, 0) is 19.4 Å². The molecule has 1 amide bonds. The molecule has 3 heterocycles. The molecule has 1 aromatic heterocycles. The normalized spacial score (nSPS) is 24.2. The summed E-state index contributed by atoms with van der Waals surface area (Å²) in [7, 11) is 0. The first kappa shape index (κ1) is 12.4. The Kier molecular flexibility index (Phi) is 3.37. The second-order valence-corrected chi connectivity index (χ2v) is 5.33. The second kappa shape index (κ2) is 5.16. The maximum Gasteiger partial charge on any atom is 0.244 e. The zero-order chi connectivity index (χ0) is 13.2. The number of hydrogen-bond acceptors (Lipinski definition) is 5. The summed E-state index contributed by atoms with van der Waals surface area (Å²) in [6, 6.07) is 0.548. The topological polar surface area (TPSA) is 80.3 Å². The SMILES string of the molecule is Nc1ncn(CC(=O)N2CCN3CCCCC3C2)n1. The number of nitrogen functional groups attached to an aromatic ring is 1. The zero-order valence-electron chi connectivity index (χ0n) is 11.0. The molecule has 7 heteroatoms. The number of anilines is 1. The predicted octanol–water partition coefficient (Wildman–Crippen LogP) is -0.443. The molecule has 0 spiro atoms. The minimum Gasteiger partial charge on any atom is -0.367 e. The third-order valence-corrected chi connectivity index (χ3v) is 4.04. The first-order chi connectivity index (χ1) is 9.22. The highest BCUT2D eigenvalue weighted by Crippen LogP contribution is 2.21. The van der Waals surface area contributed by atoms with Crippen LogP contribution in [0.1, 0.15) is 19.3 Å². The average Bonchev–Trinajstić information content (AvgIpc) is 2.83. The Hall–Kier alpha value is -1.63. The van der Waals surface area contributed by atoms with Crippen LogP contribution in [0.15, 0.2) is 6.33 Å². The number of carbonyl (C=O) groups excluding carboxylic acids is 1. The highest BCUT2D eigenvalue weighted by molar-refractivity contribution is 5.76. The number of hydrogen-bond donors (Lipinski definition) is 1. The molecule has 3 rings (SSSR count). The predicted molar refractivity (Wildman–Crippen MR) is 70.2 cm³/mol. The first-order valence-corrected chi connectivity index (χ1v) is 6.89. The van der Waals surface area contributed by atoms with Crippen molar-refractivity contribution >= 4 is 11.9 Å². The van der Waals surface area contributed by atoms with Gasteiger partial charge in [0.1, 0.15) is 12.9 Å². The van der Waals surface area contributed by atoms with E-state index in [1.807, 2.05) is 4.90 Å². The van der Waals surface area contributed by atoms with Crippen LogP contribution < -0.4 is 5.73 Å². The van der Waals surface area contributed by atoms with Gasteiger partial charge in [0.2, 0.25) is 11.9 Å². The van der Waals surface area contributed by atoms with Gasteiger partial charge >= 0.3 is 0 Å². The Morgan fingerprint density at radius 2 is 2.26 bits per heavy atom. The maximum atomic E-state index is 12.2. The van der Waals surface area contributed by atoms with E-state index >= 15 is 0 Å². The van der Waals surface area contributed by atoms with Crippen LogP contribution in [0.2, 0.25) is 0 Å². The monoisotopic (exact) mass is 264 g/mol. The van der Waals surface area contributed by atoms with Crippen molar-refractivity contribution in [3.05, 3.63) is 6.33 Å². The van der Waals surface area contributed by atoms with Crippen LogP contribution in [0, 0.1) is 0 Å². The molecule has 7 nitrogen and oxygen atoms in total. The molecule has 1 atom stereocenters. The van der Waals surface area contributed by atoms with Crippen LogP contribution in [-0.4, -0.2) is 62.7 Å². The maximum absolute atomic E-state index is 12.2. The van der Waals surface area contributed by atoms with E-state index in [-0.39, 0.29) is 18.4 Å². The molecular formula is C12H20N6O. The lowest BCUT2D eigenvalue weighted by Gasteiger charge is -2.44. The highest BCUT2D eigenvalue weighted by atomic mass is 16.2. The van der Waals surface area contributed by atoms with E-state index in [1.54, 1.807) is 0 Å². The van der Waals surface area contributed by atoms with Crippen molar-refractivity contribution in [3.8, 4) is 0 Å². The number of amides is 1. The Morgan fingerprint density at radius 1 is 1.37 bits per heavy atom. The highest BCUT2D eigenvalue weighted by Gasteiger charge is 2.30. The molecule has 2 N–H and O–H groups in total. The molecule has 2 saturated heterocycles.